The number of nitrogens with zero attached hydrogens (tertiary/aromatic N) is 2. The number of carbonyl (C=O) groups is 2. The number of aromatic nitrogens is 1. The number of esters is 1. The minimum absolute atomic E-state index is 0.00955. The van der Waals surface area contributed by atoms with Crippen molar-refractivity contribution < 1.29 is 14.3 Å². The maximum Gasteiger partial charge on any atom is 0.303 e. The Bertz CT molecular complexity index is 1240. The van der Waals surface area contributed by atoms with E-state index in [1.165, 1.54) is 17.7 Å². The van der Waals surface area contributed by atoms with E-state index in [1.807, 2.05) is 30.5 Å². The lowest BCUT2D eigenvalue weighted by atomic mass is 9.82. The van der Waals surface area contributed by atoms with Crippen LogP contribution in [0.25, 0.3) is 6.08 Å². The zero-order chi connectivity index (χ0) is 26.0. The summed E-state index contributed by atoms with van der Waals surface area (Å²) in [4.78, 5) is 33.5. The minimum atomic E-state index is -0.397. The zero-order valence-corrected chi connectivity index (χ0v) is 22.5. The fourth-order valence-electron chi connectivity index (χ4n) is 5.50. The summed E-state index contributed by atoms with van der Waals surface area (Å²) in [6.07, 6.45) is 17.0. The molecule has 0 spiro atoms. The molecule has 0 unspecified atom stereocenters. The molecule has 2 aromatic rings. The highest BCUT2D eigenvalue weighted by atomic mass is 35.5. The molecule has 1 aromatic carbocycles. The maximum atomic E-state index is 12.5. The van der Waals surface area contributed by atoms with Gasteiger partial charge in [0.15, 0.2) is 5.78 Å². The van der Waals surface area contributed by atoms with Crippen molar-refractivity contribution >= 4 is 29.4 Å². The first kappa shape index (κ1) is 27.3. The average Bonchev–Trinajstić information content (AvgIpc) is 2.85. The number of allylic oxidation sites excluding steroid dienone is 2. The monoisotopic (exact) mass is 520 g/mol. The Labute approximate surface area is 224 Å². The number of pyridine rings is 1. The van der Waals surface area contributed by atoms with Crippen LogP contribution >= 0.6 is 11.6 Å². The quantitative estimate of drug-likeness (QED) is 0.399. The molecule has 1 aliphatic carbocycles. The van der Waals surface area contributed by atoms with Crippen LogP contribution < -0.4 is 10.6 Å². The lowest BCUT2D eigenvalue weighted by molar-refractivity contribution is -0.147. The number of Topliss-reactive ketones (excluding diaryl/α,β-unsaturated/α-hetero) is 1. The normalized spacial score (nSPS) is 20.0. The molecule has 0 radical (unpaired) electrons. The van der Waals surface area contributed by atoms with Crippen molar-refractivity contribution in [1.29, 1.82) is 0 Å². The molecule has 1 fully saturated rings. The molecule has 0 saturated heterocycles. The predicted octanol–water partition coefficient (Wildman–Crippen LogP) is 6.02. The molecular weight excluding hydrogens is 484 g/mol. The average molecular weight is 521 g/mol. The Kier molecular flexibility index (Phi) is 10.1. The van der Waals surface area contributed by atoms with Gasteiger partial charge < -0.3 is 4.74 Å². The van der Waals surface area contributed by atoms with Gasteiger partial charge in [0.25, 0.3) is 0 Å². The molecule has 37 heavy (non-hydrogen) atoms. The molecule has 2 aliphatic rings. The van der Waals surface area contributed by atoms with Crippen molar-refractivity contribution in [2.45, 2.75) is 83.5 Å². The fraction of sp³-hybridized carbons (Fsp3) is 0.484. The van der Waals surface area contributed by atoms with Crippen LogP contribution in [0.5, 0.6) is 0 Å². The highest BCUT2D eigenvalue weighted by Crippen LogP contribution is 2.31. The van der Waals surface area contributed by atoms with Crippen LogP contribution in [0.1, 0.15) is 88.3 Å². The molecular formula is C31H37ClN2O3. The number of aryl methyl sites for hydroxylation is 1. The highest BCUT2D eigenvalue weighted by Gasteiger charge is 2.24. The van der Waals surface area contributed by atoms with E-state index in [2.05, 4.69) is 18.2 Å². The van der Waals surface area contributed by atoms with Gasteiger partial charge in [-0.25, -0.2) is 0 Å². The van der Waals surface area contributed by atoms with Crippen LogP contribution in [-0.4, -0.2) is 23.3 Å². The zero-order valence-electron chi connectivity index (χ0n) is 21.8. The van der Waals surface area contributed by atoms with E-state index in [0.29, 0.717) is 5.92 Å². The molecule has 5 nitrogen and oxygen atoms in total. The third-order valence-corrected chi connectivity index (χ3v) is 7.83. The largest absolute Gasteiger partial charge is 0.458 e. The number of ketones is 1. The number of benzene rings is 1. The van der Waals surface area contributed by atoms with Gasteiger partial charge in [-0.2, -0.15) is 0 Å². The Balaban J connectivity index is 1.43. The van der Waals surface area contributed by atoms with Crippen LogP contribution in [0.15, 0.2) is 53.3 Å². The van der Waals surface area contributed by atoms with Gasteiger partial charge in [-0.15, -0.1) is 0 Å². The molecule has 0 amide bonds. The number of fused-ring (bicyclic) bond motifs is 1. The van der Waals surface area contributed by atoms with E-state index in [0.717, 1.165) is 92.4 Å². The number of hydrogen-bond acceptors (Lipinski definition) is 5. The van der Waals surface area contributed by atoms with Gasteiger partial charge in [0.2, 0.25) is 0 Å². The van der Waals surface area contributed by atoms with E-state index < -0.39 is 5.97 Å². The molecule has 4 rings (SSSR count). The molecule has 0 N–H and O–H groups in total. The van der Waals surface area contributed by atoms with Crippen LogP contribution in [0.2, 0.25) is 5.02 Å². The molecule has 0 atom stereocenters. The predicted molar refractivity (Wildman–Crippen MR) is 147 cm³/mol. The van der Waals surface area contributed by atoms with Crippen LogP contribution in [0, 0.1) is 5.92 Å². The van der Waals surface area contributed by atoms with Gasteiger partial charge in [-0.1, -0.05) is 54.8 Å². The van der Waals surface area contributed by atoms with Crippen molar-refractivity contribution in [1.82, 2.24) is 4.98 Å². The SMILES string of the molecule is CC(=O)OCC(=O)C1CCCC(c2nccc3c2=CCCC=C(CCCc2ccccc2Cl)N=3)CCC1. The van der Waals surface area contributed by atoms with E-state index in [-0.39, 0.29) is 18.3 Å². The standard InChI is InChI=1S/C31H37ClN2O3/c1-22(35)37-21-30(36)24-11-6-13-25(14-7-12-24)31-27-17-4-3-15-26(34-29(27)19-20-33-31)16-8-10-23-9-2-5-18-28(23)32/h2,5,9,15,17-20,24-25H,3-4,6-8,10-14,16,21H2,1H3. The molecule has 1 aromatic heterocycles. The summed E-state index contributed by atoms with van der Waals surface area (Å²) in [5.74, 6) is 0.0198. The van der Waals surface area contributed by atoms with Crippen LogP contribution in [0.4, 0.5) is 0 Å². The molecule has 1 aliphatic heterocycles. The first-order valence-corrected chi connectivity index (χ1v) is 14.0. The van der Waals surface area contributed by atoms with Crippen molar-refractivity contribution in [2.24, 2.45) is 10.9 Å². The summed E-state index contributed by atoms with van der Waals surface area (Å²) in [6, 6.07) is 10.1. The molecule has 0 bridgehead atoms. The summed E-state index contributed by atoms with van der Waals surface area (Å²) in [7, 11) is 0. The first-order chi connectivity index (χ1) is 18.0. The number of ether oxygens (including phenoxy) is 1. The smallest absolute Gasteiger partial charge is 0.303 e. The number of carbonyl (C=O) groups excluding carboxylic acids is 2. The Morgan fingerprint density at radius 3 is 2.51 bits per heavy atom. The minimum Gasteiger partial charge on any atom is -0.458 e. The Hall–Kier alpha value is -2.79. The van der Waals surface area contributed by atoms with Gasteiger partial charge in [-0.05, 0) is 75.5 Å². The van der Waals surface area contributed by atoms with E-state index in [1.54, 1.807) is 0 Å². The lowest BCUT2D eigenvalue weighted by Gasteiger charge is -2.24. The summed E-state index contributed by atoms with van der Waals surface area (Å²) < 4.78 is 4.94. The van der Waals surface area contributed by atoms with Crippen molar-refractivity contribution in [3.63, 3.8) is 0 Å². The summed E-state index contributed by atoms with van der Waals surface area (Å²) in [5.41, 5.74) is 3.49. The van der Waals surface area contributed by atoms with Crippen LogP contribution in [0.3, 0.4) is 0 Å². The second-order valence-electron chi connectivity index (χ2n) is 10.2. The molecule has 2 heterocycles. The van der Waals surface area contributed by atoms with E-state index >= 15 is 0 Å². The molecule has 6 heteroatoms. The molecule has 1 saturated carbocycles. The fourth-order valence-corrected chi connectivity index (χ4v) is 5.73. The third-order valence-electron chi connectivity index (χ3n) is 7.46. The van der Waals surface area contributed by atoms with Crippen molar-refractivity contribution in [3.8, 4) is 0 Å². The first-order valence-electron chi connectivity index (χ1n) is 13.6. The maximum absolute atomic E-state index is 12.5. The van der Waals surface area contributed by atoms with Crippen molar-refractivity contribution in [2.75, 3.05) is 6.61 Å². The van der Waals surface area contributed by atoms with E-state index in [9.17, 15) is 9.59 Å². The van der Waals surface area contributed by atoms with Gasteiger partial charge in [0.1, 0.15) is 6.61 Å². The van der Waals surface area contributed by atoms with Gasteiger partial charge in [0.05, 0.1) is 11.1 Å². The molecule has 196 valence electrons. The number of hydrogen-bond donors (Lipinski definition) is 0. The van der Waals surface area contributed by atoms with Gasteiger partial charge in [-0.3, -0.25) is 19.6 Å². The number of halogens is 1. The Morgan fingerprint density at radius 2 is 1.76 bits per heavy atom. The van der Waals surface area contributed by atoms with Crippen LogP contribution in [-0.2, 0) is 20.7 Å². The second-order valence-corrected chi connectivity index (χ2v) is 10.6. The summed E-state index contributed by atoms with van der Waals surface area (Å²) in [5, 5.41) is 3.04. The summed E-state index contributed by atoms with van der Waals surface area (Å²) >= 11 is 6.34. The van der Waals surface area contributed by atoms with Gasteiger partial charge in [0, 0.05) is 40.9 Å². The van der Waals surface area contributed by atoms with Crippen molar-refractivity contribution in [3.05, 3.63) is 75.2 Å². The Morgan fingerprint density at radius 1 is 1.00 bits per heavy atom. The highest BCUT2D eigenvalue weighted by molar-refractivity contribution is 6.31. The third kappa shape index (κ3) is 7.85. The van der Waals surface area contributed by atoms with Gasteiger partial charge >= 0.3 is 5.97 Å². The van der Waals surface area contributed by atoms with E-state index in [4.69, 9.17) is 26.3 Å². The second kappa shape index (κ2) is 13.7. The summed E-state index contributed by atoms with van der Waals surface area (Å²) in [6.45, 7) is 1.25. The lowest BCUT2D eigenvalue weighted by Crippen LogP contribution is -2.33. The number of rotatable bonds is 8. The topological polar surface area (TPSA) is 68.6 Å².